The van der Waals surface area contributed by atoms with E-state index in [0.29, 0.717) is 12.0 Å². The summed E-state index contributed by atoms with van der Waals surface area (Å²) in [5.74, 6) is 6.53. The van der Waals surface area contributed by atoms with Gasteiger partial charge in [-0.3, -0.25) is 0 Å². The molecule has 1 aromatic rings. The SMILES string of the molecule is CC#CCCC(NCCC)c1snnc1C(C)C. The molecule has 3 nitrogen and oxygen atoms in total. The highest BCUT2D eigenvalue weighted by Crippen LogP contribution is 2.28. The van der Waals surface area contributed by atoms with Crippen LogP contribution in [-0.2, 0) is 0 Å². The molecule has 1 N–H and O–H groups in total. The number of hydrogen-bond acceptors (Lipinski definition) is 4. The quantitative estimate of drug-likeness (QED) is 0.767. The van der Waals surface area contributed by atoms with Gasteiger partial charge in [0.15, 0.2) is 0 Å². The fourth-order valence-electron chi connectivity index (χ4n) is 1.83. The van der Waals surface area contributed by atoms with Gasteiger partial charge >= 0.3 is 0 Å². The van der Waals surface area contributed by atoms with Gasteiger partial charge in [0.2, 0.25) is 0 Å². The van der Waals surface area contributed by atoms with Crippen molar-refractivity contribution in [3.63, 3.8) is 0 Å². The number of nitrogens with zero attached hydrogens (tertiary/aromatic N) is 2. The van der Waals surface area contributed by atoms with E-state index in [1.165, 1.54) is 16.4 Å². The summed E-state index contributed by atoms with van der Waals surface area (Å²) in [6.45, 7) is 9.44. The third-order valence-electron chi connectivity index (χ3n) is 2.78. The second-order valence-corrected chi connectivity index (χ2v) is 5.43. The highest BCUT2D eigenvalue weighted by atomic mass is 32.1. The highest BCUT2D eigenvalue weighted by Gasteiger charge is 2.20. The summed E-state index contributed by atoms with van der Waals surface area (Å²) in [7, 11) is 0. The molecule has 0 aliphatic carbocycles. The maximum Gasteiger partial charge on any atom is 0.0829 e. The minimum absolute atomic E-state index is 0.350. The number of aromatic nitrogens is 2. The fourth-order valence-corrected chi connectivity index (χ4v) is 2.75. The number of hydrogen-bond donors (Lipinski definition) is 1. The number of rotatable bonds is 7. The van der Waals surface area contributed by atoms with Gasteiger partial charge in [-0.05, 0) is 43.8 Å². The van der Waals surface area contributed by atoms with Crippen LogP contribution < -0.4 is 5.32 Å². The van der Waals surface area contributed by atoms with Gasteiger partial charge in [-0.1, -0.05) is 25.3 Å². The highest BCUT2D eigenvalue weighted by molar-refractivity contribution is 7.05. The molecule has 100 valence electrons. The van der Waals surface area contributed by atoms with Crippen molar-refractivity contribution in [3.05, 3.63) is 10.6 Å². The van der Waals surface area contributed by atoms with Crippen LogP contribution in [0.15, 0.2) is 0 Å². The smallest absolute Gasteiger partial charge is 0.0829 e. The Bertz CT molecular complexity index is 401. The van der Waals surface area contributed by atoms with Crippen LogP contribution in [0.1, 0.15) is 69.5 Å². The summed E-state index contributed by atoms with van der Waals surface area (Å²) >= 11 is 1.52. The predicted molar refractivity (Wildman–Crippen MR) is 77.7 cm³/mol. The summed E-state index contributed by atoms with van der Waals surface area (Å²) < 4.78 is 4.12. The van der Waals surface area contributed by atoms with Crippen molar-refractivity contribution in [2.75, 3.05) is 6.54 Å². The van der Waals surface area contributed by atoms with Crippen LogP contribution in [0, 0.1) is 11.8 Å². The van der Waals surface area contributed by atoms with Crippen LogP contribution >= 0.6 is 11.5 Å². The lowest BCUT2D eigenvalue weighted by Gasteiger charge is -2.17. The second kappa shape index (κ2) is 8.23. The first-order chi connectivity index (χ1) is 8.70. The molecule has 18 heavy (non-hydrogen) atoms. The topological polar surface area (TPSA) is 37.8 Å². The second-order valence-electron chi connectivity index (χ2n) is 4.65. The van der Waals surface area contributed by atoms with Crippen molar-refractivity contribution in [3.8, 4) is 11.8 Å². The first kappa shape index (κ1) is 15.1. The summed E-state index contributed by atoms with van der Waals surface area (Å²) in [5.41, 5.74) is 1.14. The predicted octanol–water partition coefficient (Wildman–Crippen LogP) is 3.51. The van der Waals surface area contributed by atoms with E-state index in [-0.39, 0.29) is 0 Å². The molecule has 1 rings (SSSR count). The van der Waals surface area contributed by atoms with E-state index in [4.69, 9.17) is 0 Å². The Hall–Kier alpha value is -0.920. The molecule has 0 bridgehead atoms. The lowest BCUT2D eigenvalue weighted by atomic mass is 10.0. The Kier molecular flexibility index (Phi) is 6.92. The third kappa shape index (κ3) is 4.40. The maximum absolute atomic E-state index is 4.27. The van der Waals surface area contributed by atoms with Gasteiger partial charge in [0.25, 0.3) is 0 Å². The molecule has 0 amide bonds. The van der Waals surface area contributed by atoms with Crippen molar-refractivity contribution >= 4 is 11.5 Å². The average Bonchev–Trinajstić information content (AvgIpc) is 2.82. The van der Waals surface area contributed by atoms with Gasteiger partial charge in [-0.2, -0.15) is 0 Å². The van der Waals surface area contributed by atoms with Crippen LogP contribution in [-0.4, -0.2) is 16.1 Å². The Labute approximate surface area is 115 Å². The Morgan fingerprint density at radius 2 is 2.17 bits per heavy atom. The number of nitrogens with one attached hydrogen (secondary N) is 1. The molecule has 0 fully saturated rings. The minimum atomic E-state index is 0.350. The molecule has 0 saturated heterocycles. The maximum atomic E-state index is 4.27. The molecule has 0 spiro atoms. The van der Waals surface area contributed by atoms with Gasteiger partial charge in [-0.15, -0.1) is 16.9 Å². The summed E-state index contributed by atoms with van der Waals surface area (Å²) in [4.78, 5) is 1.29. The molecule has 1 unspecified atom stereocenters. The van der Waals surface area contributed by atoms with Crippen molar-refractivity contribution in [2.24, 2.45) is 0 Å². The van der Waals surface area contributed by atoms with Gasteiger partial charge in [0.05, 0.1) is 10.6 Å². The molecule has 4 heteroatoms. The van der Waals surface area contributed by atoms with Crippen molar-refractivity contribution in [2.45, 2.75) is 58.9 Å². The third-order valence-corrected chi connectivity index (χ3v) is 3.63. The summed E-state index contributed by atoms with van der Waals surface area (Å²) in [6.07, 6.45) is 3.09. The van der Waals surface area contributed by atoms with Crippen LogP contribution in [0.3, 0.4) is 0 Å². The Morgan fingerprint density at radius 3 is 2.78 bits per heavy atom. The van der Waals surface area contributed by atoms with E-state index in [1.807, 2.05) is 6.92 Å². The van der Waals surface area contributed by atoms with E-state index >= 15 is 0 Å². The van der Waals surface area contributed by atoms with Crippen LogP contribution in [0.5, 0.6) is 0 Å². The Balaban J connectivity index is 2.78. The van der Waals surface area contributed by atoms with Crippen molar-refractivity contribution in [1.29, 1.82) is 0 Å². The van der Waals surface area contributed by atoms with Crippen LogP contribution in [0.2, 0.25) is 0 Å². The monoisotopic (exact) mass is 265 g/mol. The average molecular weight is 265 g/mol. The minimum Gasteiger partial charge on any atom is -0.309 e. The van der Waals surface area contributed by atoms with Crippen LogP contribution in [0.25, 0.3) is 0 Å². The van der Waals surface area contributed by atoms with Gasteiger partial charge < -0.3 is 5.32 Å². The van der Waals surface area contributed by atoms with E-state index in [9.17, 15) is 0 Å². The van der Waals surface area contributed by atoms with Gasteiger partial charge in [-0.25, -0.2) is 0 Å². The van der Waals surface area contributed by atoms with E-state index in [2.05, 4.69) is 47.5 Å². The molecule has 1 aromatic heterocycles. The van der Waals surface area contributed by atoms with E-state index in [1.54, 1.807) is 0 Å². The molecule has 0 aliphatic heterocycles. The standard InChI is InChI=1S/C14H23N3S/c1-5-7-8-9-12(15-10-6-2)14-13(11(3)4)16-17-18-14/h11-12,15H,6,8-10H2,1-4H3. The molecule has 0 aliphatic rings. The van der Waals surface area contributed by atoms with Crippen molar-refractivity contribution < 1.29 is 0 Å². The molecular weight excluding hydrogens is 242 g/mol. The van der Waals surface area contributed by atoms with E-state index < -0.39 is 0 Å². The molecular formula is C14H23N3S. The molecule has 0 saturated carbocycles. The van der Waals surface area contributed by atoms with E-state index in [0.717, 1.165) is 31.5 Å². The molecule has 0 radical (unpaired) electrons. The fraction of sp³-hybridized carbons (Fsp3) is 0.714. The Morgan fingerprint density at radius 1 is 1.39 bits per heavy atom. The zero-order valence-electron chi connectivity index (χ0n) is 11.8. The largest absolute Gasteiger partial charge is 0.309 e. The lowest BCUT2D eigenvalue weighted by molar-refractivity contribution is 0.506. The lowest BCUT2D eigenvalue weighted by Crippen LogP contribution is -2.22. The summed E-state index contributed by atoms with van der Waals surface area (Å²) in [5, 5.41) is 7.85. The molecule has 0 aromatic carbocycles. The van der Waals surface area contributed by atoms with Gasteiger partial charge in [0.1, 0.15) is 0 Å². The van der Waals surface area contributed by atoms with Gasteiger partial charge in [0, 0.05) is 12.5 Å². The normalized spacial score (nSPS) is 12.3. The molecule has 1 heterocycles. The zero-order valence-corrected chi connectivity index (χ0v) is 12.6. The zero-order chi connectivity index (χ0) is 13.4. The van der Waals surface area contributed by atoms with Crippen molar-refractivity contribution in [1.82, 2.24) is 14.9 Å². The van der Waals surface area contributed by atoms with Crippen LogP contribution in [0.4, 0.5) is 0 Å². The first-order valence-corrected chi connectivity index (χ1v) is 7.43. The first-order valence-electron chi connectivity index (χ1n) is 6.65. The summed E-state index contributed by atoms with van der Waals surface area (Å²) in [6, 6.07) is 0.350. The molecule has 1 atom stereocenters.